The number of hydrogen-bond acceptors (Lipinski definition) is 3. The van der Waals surface area contributed by atoms with E-state index >= 15 is 0 Å². The van der Waals surface area contributed by atoms with Gasteiger partial charge in [0.25, 0.3) is 0 Å². The minimum atomic E-state index is -0.523. The molecule has 90 valence electrons. The molecule has 0 aliphatic heterocycles. The summed E-state index contributed by atoms with van der Waals surface area (Å²) in [5.74, 6) is 0.746. The van der Waals surface area contributed by atoms with E-state index in [4.69, 9.17) is 4.74 Å². The summed E-state index contributed by atoms with van der Waals surface area (Å²) < 4.78 is 5.29. The second-order valence-electron chi connectivity index (χ2n) is 3.99. The summed E-state index contributed by atoms with van der Waals surface area (Å²) >= 11 is 0. The molecule has 0 fully saturated rings. The van der Waals surface area contributed by atoms with Gasteiger partial charge in [0.05, 0.1) is 13.2 Å². The van der Waals surface area contributed by atoms with Crippen molar-refractivity contribution in [2.75, 3.05) is 25.6 Å². The van der Waals surface area contributed by atoms with E-state index in [1.54, 1.807) is 14.0 Å². The maximum absolute atomic E-state index is 9.83. The van der Waals surface area contributed by atoms with Crippen molar-refractivity contribution < 1.29 is 9.84 Å². The fourth-order valence-corrected chi connectivity index (χ4v) is 1.92. The minimum absolute atomic E-state index is 0.523. The lowest BCUT2D eigenvalue weighted by atomic mass is 10.1. The van der Waals surface area contributed by atoms with Crippen molar-refractivity contribution in [3.8, 4) is 5.75 Å². The van der Waals surface area contributed by atoms with Crippen LogP contribution in [0.3, 0.4) is 0 Å². The number of ether oxygens (including phenoxy) is 1. The van der Waals surface area contributed by atoms with Crippen LogP contribution in [0.4, 0.5) is 5.69 Å². The van der Waals surface area contributed by atoms with Crippen molar-refractivity contribution in [3.63, 3.8) is 0 Å². The standard InChI is InChI=1S/C13H21NO2/c1-5-9-14(3)11-7-6-8-12(16-4)13(11)10(2)15/h6-8,10,15H,5,9H2,1-4H3/t10-/m1/s1. The van der Waals surface area contributed by atoms with E-state index in [9.17, 15) is 5.11 Å². The predicted octanol–water partition coefficient (Wildman–Crippen LogP) is 2.59. The molecular formula is C13H21NO2. The summed E-state index contributed by atoms with van der Waals surface area (Å²) in [6.07, 6.45) is 0.554. The van der Waals surface area contributed by atoms with Crippen LogP contribution in [0, 0.1) is 0 Å². The highest BCUT2D eigenvalue weighted by Gasteiger charge is 2.16. The van der Waals surface area contributed by atoms with Gasteiger partial charge in [-0.25, -0.2) is 0 Å². The Morgan fingerprint density at radius 3 is 2.62 bits per heavy atom. The molecule has 1 atom stereocenters. The first-order valence-corrected chi connectivity index (χ1v) is 5.67. The highest BCUT2D eigenvalue weighted by atomic mass is 16.5. The number of nitrogens with zero attached hydrogens (tertiary/aromatic N) is 1. The van der Waals surface area contributed by atoms with Crippen LogP contribution in [0.1, 0.15) is 31.9 Å². The molecule has 0 aliphatic rings. The van der Waals surface area contributed by atoms with Gasteiger partial charge in [0.2, 0.25) is 0 Å². The van der Waals surface area contributed by atoms with Gasteiger partial charge in [-0.3, -0.25) is 0 Å². The van der Waals surface area contributed by atoms with Gasteiger partial charge in [0.15, 0.2) is 0 Å². The average Bonchev–Trinajstić information content (AvgIpc) is 2.28. The van der Waals surface area contributed by atoms with Crippen LogP contribution in [0.15, 0.2) is 18.2 Å². The van der Waals surface area contributed by atoms with Gasteiger partial charge < -0.3 is 14.7 Å². The Labute approximate surface area is 97.7 Å². The van der Waals surface area contributed by atoms with Gasteiger partial charge >= 0.3 is 0 Å². The molecule has 1 N–H and O–H groups in total. The number of benzene rings is 1. The molecule has 1 rings (SSSR count). The van der Waals surface area contributed by atoms with Crippen molar-refractivity contribution in [3.05, 3.63) is 23.8 Å². The lowest BCUT2D eigenvalue weighted by Crippen LogP contribution is -2.20. The quantitative estimate of drug-likeness (QED) is 0.832. The van der Waals surface area contributed by atoms with Crippen LogP contribution in [-0.2, 0) is 0 Å². The summed E-state index contributed by atoms with van der Waals surface area (Å²) in [4.78, 5) is 2.14. The third-order valence-corrected chi connectivity index (χ3v) is 2.65. The Balaban J connectivity index is 3.16. The number of aliphatic hydroxyl groups is 1. The molecule has 16 heavy (non-hydrogen) atoms. The number of rotatable bonds is 5. The zero-order chi connectivity index (χ0) is 12.1. The maximum atomic E-state index is 9.83. The van der Waals surface area contributed by atoms with E-state index in [2.05, 4.69) is 11.8 Å². The zero-order valence-corrected chi connectivity index (χ0v) is 10.5. The van der Waals surface area contributed by atoms with E-state index < -0.39 is 6.10 Å². The van der Waals surface area contributed by atoms with Crippen LogP contribution in [0.2, 0.25) is 0 Å². The summed E-state index contributed by atoms with van der Waals surface area (Å²) in [7, 11) is 3.66. The van der Waals surface area contributed by atoms with Gasteiger partial charge in [-0.15, -0.1) is 0 Å². The molecule has 0 saturated carbocycles. The van der Waals surface area contributed by atoms with Crippen LogP contribution in [0.25, 0.3) is 0 Å². The summed E-state index contributed by atoms with van der Waals surface area (Å²) in [6.45, 7) is 4.87. The molecule has 3 heteroatoms. The highest BCUT2D eigenvalue weighted by molar-refractivity contribution is 5.60. The van der Waals surface area contributed by atoms with E-state index in [0.29, 0.717) is 0 Å². The average molecular weight is 223 g/mol. The number of hydrogen-bond donors (Lipinski definition) is 1. The predicted molar refractivity (Wildman–Crippen MR) is 67.2 cm³/mol. The lowest BCUT2D eigenvalue weighted by Gasteiger charge is -2.24. The molecule has 0 unspecified atom stereocenters. The normalized spacial score (nSPS) is 12.3. The van der Waals surface area contributed by atoms with Crippen LogP contribution >= 0.6 is 0 Å². The SMILES string of the molecule is CCCN(C)c1cccc(OC)c1[C@@H](C)O. The molecule has 0 aliphatic carbocycles. The van der Waals surface area contributed by atoms with Gasteiger partial charge in [-0.1, -0.05) is 13.0 Å². The molecular weight excluding hydrogens is 202 g/mol. The topological polar surface area (TPSA) is 32.7 Å². The second-order valence-corrected chi connectivity index (χ2v) is 3.99. The molecule has 1 aromatic carbocycles. The number of anilines is 1. The molecule has 0 saturated heterocycles. The first-order valence-electron chi connectivity index (χ1n) is 5.67. The highest BCUT2D eigenvalue weighted by Crippen LogP contribution is 2.33. The Kier molecular flexibility index (Phi) is 4.62. The van der Waals surface area contributed by atoms with E-state index in [0.717, 1.165) is 30.0 Å². The maximum Gasteiger partial charge on any atom is 0.126 e. The van der Waals surface area contributed by atoms with E-state index in [-0.39, 0.29) is 0 Å². The summed E-state index contributed by atoms with van der Waals surface area (Å²) in [5.41, 5.74) is 1.90. The Morgan fingerprint density at radius 1 is 1.44 bits per heavy atom. The molecule has 0 spiro atoms. The van der Waals surface area contributed by atoms with Gasteiger partial charge in [-0.2, -0.15) is 0 Å². The zero-order valence-electron chi connectivity index (χ0n) is 10.5. The minimum Gasteiger partial charge on any atom is -0.496 e. The molecule has 0 heterocycles. The Hall–Kier alpha value is -1.22. The first-order chi connectivity index (χ1) is 7.61. The van der Waals surface area contributed by atoms with Crippen molar-refractivity contribution >= 4 is 5.69 Å². The fourth-order valence-electron chi connectivity index (χ4n) is 1.92. The van der Waals surface area contributed by atoms with Crippen molar-refractivity contribution in [1.29, 1.82) is 0 Å². The van der Waals surface area contributed by atoms with Crippen LogP contribution < -0.4 is 9.64 Å². The fraction of sp³-hybridized carbons (Fsp3) is 0.538. The second kappa shape index (κ2) is 5.75. The Bertz CT molecular complexity index is 337. The van der Waals surface area contributed by atoms with Gasteiger partial charge in [0, 0.05) is 24.8 Å². The third kappa shape index (κ3) is 2.67. The molecule has 1 aromatic rings. The van der Waals surface area contributed by atoms with E-state index in [1.165, 1.54) is 0 Å². The smallest absolute Gasteiger partial charge is 0.126 e. The number of methoxy groups -OCH3 is 1. The van der Waals surface area contributed by atoms with E-state index in [1.807, 2.05) is 25.2 Å². The number of aliphatic hydroxyl groups excluding tert-OH is 1. The summed E-state index contributed by atoms with van der Waals surface area (Å²) in [5, 5.41) is 9.83. The summed E-state index contributed by atoms with van der Waals surface area (Å²) in [6, 6.07) is 5.85. The third-order valence-electron chi connectivity index (χ3n) is 2.65. The molecule has 0 aromatic heterocycles. The first kappa shape index (κ1) is 12.8. The Morgan fingerprint density at radius 2 is 2.12 bits per heavy atom. The molecule has 0 bridgehead atoms. The molecule has 3 nitrogen and oxygen atoms in total. The van der Waals surface area contributed by atoms with Gasteiger partial charge in [0.1, 0.15) is 5.75 Å². The monoisotopic (exact) mass is 223 g/mol. The van der Waals surface area contributed by atoms with Crippen molar-refractivity contribution in [1.82, 2.24) is 0 Å². The van der Waals surface area contributed by atoms with Crippen LogP contribution in [-0.4, -0.2) is 25.8 Å². The lowest BCUT2D eigenvalue weighted by molar-refractivity contribution is 0.194. The van der Waals surface area contributed by atoms with Crippen molar-refractivity contribution in [2.24, 2.45) is 0 Å². The van der Waals surface area contributed by atoms with Crippen molar-refractivity contribution in [2.45, 2.75) is 26.4 Å². The van der Waals surface area contributed by atoms with Crippen LogP contribution in [0.5, 0.6) is 5.75 Å². The molecule has 0 radical (unpaired) electrons. The molecule has 0 amide bonds. The largest absolute Gasteiger partial charge is 0.496 e. The van der Waals surface area contributed by atoms with Gasteiger partial charge in [-0.05, 0) is 25.5 Å².